The molecule has 15 heavy (non-hydrogen) atoms. The van der Waals surface area contributed by atoms with Gasteiger partial charge in [0.15, 0.2) is 5.82 Å². The molecular weight excluding hydrogens is 310 g/mol. The maximum Gasteiger partial charge on any atom is 0.341 e. The van der Waals surface area contributed by atoms with Gasteiger partial charge in [-0.05, 0) is 55.5 Å². The van der Waals surface area contributed by atoms with Crippen LogP contribution in [0.1, 0.15) is 31.1 Å². The van der Waals surface area contributed by atoms with Crippen molar-refractivity contribution in [2.75, 3.05) is 0 Å². The van der Waals surface area contributed by atoms with Gasteiger partial charge >= 0.3 is 5.97 Å². The van der Waals surface area contributed by atoms with Crippen LogP contribution in [0.3, 0.4) is 0 Å². The fourth-order valence-electron chi connectivity index (χ4n) is 0.995. The van der Waals surface area contributed by atoms with Crippen molar-refractivity contribution in [3.63, 3.8) is 0 Å². The lowest BCUT2D eigenvalue weighted by Crippen LogP contribution is -2.24. The van der Waals surface area contributed by atoms with Gasteiger partial charge in [0, 0.05) is 3.57 Å². The zero-order chi connectivity index (χ0) is 11.6. The van der Waals surface area contributed by atoms with Crippen molar-refractivity contribution in [3.8, 4) is 0 Å². The van der Waals surface area contributed by atoms with Crippen LogP contribution in [-0.4, -0.2) is 11.6 Å². The first-order valence-electron chi connectivity index (χ1n) is 4.48. The molecule has 0 saturated carbocycles. The van der Waals surface area contributed by atoms with Crippen molar-refractivity contribution in [3.05, 3.63) is 33.1 Å². The van der Waals surface area contributed by atoms with Gasteiger partial charge in [-0.2, -0.15) is 0 Å². The zero-order valence-corrected chi connectivity index (χ0v) is 11.0. The highest BCUT2D eigenvalue weighted by atomic mass is 127. The summed E-state index contributed by atoms with van der Waals surface area (Å²) in [7, 11) is 0. The topological polar surface area (TPSA) is 26.3 Å². The lowest BCUT2D eigenvalue weighted by molar-refractivity contribution is 0.00645. The molecule has 1 aromatic carbocycles. The molecule has 1 aromatic rings. The van der Waals surface area contributed by atoms with Gasteiger partial charge in [0.25, 0.3) is 0 Å². The molecule has 0 fully saturated rings. The van der Waals surface area contributed by atoms with Crippen molar-refractivity contribution < 1.29 is 13.9 Å². The third-order valence-electron chi connectivity index (χ3n) is 1.57. The first kappa shape index (κ1) is 12.4. The van der Waals surface area contributed by atoms with E-state index in [2.05, 4.69) is 0 Å². The predicted octanol–water partition coefficient (Wildman–Crippen LogP) is 3.39. The number of rotatable bonds is 1. The van der Waals surface area contributed by atoms with Gasteiger partial charge in [-0.25, -0.2) is 9.18 Å². The number of hydrogen-bond donors (Lipinski definition) is 0. The molecule has 0 aliphatic carbocycles. The summed E-state index contributed by atoms with van der Waals surface area (Å²) in [5, 5.41) is 0. The molecule has 2 nitrogen and oxygen atoms in total. The van der Waals surface area contributed by atoms with Crippen molar-refractivity contribution in [1.29, 1.82) is 0 Å². The molecule has 0 unspecified atom stereocenters. The second-order valence-corrected chi connectivity index (χ2v) is 5.27. The smallest absolute Gasteiger partial charge is 0.341 e. The van der Waals surface area contributed by atoms with Crippen molar-refractivity contribution in [2.45, 2.75) is 26.4 Å². The van der Waals surface area contributed by atoms with Crippen LogP contribution in [0, 0.1) is 9.39 Å². The van der Waals surface area contributed by atoms with Crippen LogP contribution in [0.5, 0.6) is 0 Å². The molecule has 4 heteroatoms. The largest absolute Gasteiger partial charge is 0.456 e. The highest BCUT2D eigenvalue weighted by Crippen LogP contribution is 2.18. The zero-order valence-electron chi connectivity index (χ0n) is 8.80. The summed E-state index contributed by atoms with van der Waals surface area (Å²) in [6.07, 6.45) is 0. The first-order valence-corrected chi connectivity index (χ1v) is 5.56. The minimum absolute atomic E-state index is 0.0168. The number of esters is 1. The standard InChI is InChI=1S/C11H12FIO2/c1-11(2,3)15-10(14)7-5-4-6-8(13)9(7)12/h4-6H,1-3H3. The number of hydrogen-bond acceptors (Lipinski definition) is 2. The quantitative estimate of drug-likeness (QED) is 0.585. The number of ether oxygens (including phenoxy) is 1. The van der Waals surface area contributed by atoms with Crippen molar-refractivity contribution in [2.24, 2.45) is 0 Å². The average Bonchev–Trinajstić information content (AvgIpc) is 2.06. The Morgan fingerprint density at radius 1 is 1.40 bits per heavy atom. The Morgan fingerprint density at radius 2 is 2.00 bits per heavy atom. The molecule has 82 valence electrons. The Bertz CT molecular complexity index is 383. The fourth-order valence-corrected chi connectivity index (χ4v) is 1.49. The monoisotopic (exact) mass is 322 g/mol. The maximum atomic E-state index is 13.5. The molecule has 0 radical (unpaired) electrons. The summed E-state index contributed by atoms with van der Waals surface area (Å²) in [6.45, 7) is 5.24. The molecule has 0 amide bonds. The van der Waals surface area contributed by atoms with Gasteiger partial charge in [-0.15, -0.1) is 0 Å². The van der Waals surface area contributed by atoms with E-state index in [1.165, 1.54) is 6.07 Å². The molecule has 1 rings (SSSR count). The van der Waals surface area contributed by atoms with Crippen LogP contribution < -0.4 is 0 Å². The average molecular weight is 322 g/mol. The van der Waals surface area contributed by atoms with Crippen LogP contribution in [0.25, 0.3) is 0 Å². The molecule has 0 aliphatic rings. The SMILES string of the molecule is CC(C)(C)OC(=O)c1cccc(I)c1F. The maximum absolute atomic E-state index is 13.5. The van der Waals surface area contributed by atoms with E-state index in [9.17, 15) is 9.18 Å². The molecule has 0 aromatic heterocycles. The summed E-state index contributed by atoms with van der Waals surface area (Å²) in [5.41, 5.74) is -0.623. The van der Waals surface area contributed by atoms with Crippen molar-refractivity contribution >= 4 is 28.6 Å². The molecule has 0 atom stereocenters. The Labute approximate surface area is 102 Å². The third kappa shape index (κ3) is 3.44. The third-order valence-corrected chi connectivity index (χ3v) is 2.40. The molecule has 0 saturated heterocycles. The first-order chi connectivity index (χ1) is 6.81. The van der Waals surface area contributed by atoms with Gasteiger partial charge in [-0.1, -0.05) is 6.07 Å². The van der Waals surface area contributed by atoms with E-state index in [0.29, 0.717) is 3.57 Å². The van der Waals surface area contributed by atoms with Crippen LogP contribution in [0.15, 0.2) is 18.2 Å². The summed E-state index contributed by atoms with van der Waals surface area (Å²) in [6, 6.07) is 4.65. The Hall–Kier alpha value is -0.650. The molecule has 0 heterocycles. The van der Waals surface area contributed by atoms with E-state index in [-0.39, 0.29) is 5.56 Å². The van der Waals surface area contributed by atoms with Gasteiger partial charge in [0.1, 0.15) is 5.60 Å². The highest BCUT2D eigenvalue weighted by molar-refractivity contribution is 14.1. The Balaban J connectivity index is 2.97. The van der Waals surface area contributed by atoms with E-state index >= 15 is 0 Å². The van der Waals surface area contributed by atoms with Crippen LogP contribution >= 0.6 is 22.6 Å². The number of benzene rings is 1. The Morgan fingerprint density at radius 3 is 2.53 bits per heavy atom. The minimum Gasteiger partial charge on any atom is -0.456 e. The van der Waals surface area contributed by atoms with Gasteiger partial charge < -0.3 is 4.74 Å². The number of carbonyl (C=O) groups is 1. The van der Waals surface area contributed by atoms with E-state index in [4.69, 9.17) is 4.74 Å². The van der Waals surface area contributed by atoms with Gasteiger partial charge in [0.05, 0.1) is 5.56 Å². The van der Waals surface area contributed by atoms with E-state index in [1.54, 1.807) is 32.9 Å². The molecule has 0 spiro atoms. The van der Waals surface area contributed by atoms with Crippen molar-refractivity contribution in [1.82, 2.24) is 0 Å². The molecule has 0 aliphatic heterocycles. The van der Waals surface area contributed by atoms with Gasteiger partial charge in [0.2, 0.25) is 0 Å². The van der Waals surface area contributed by atoms with E-state index < -0.39 is 17.4 Å². The summed E-state index contributed by atoms with van der Waals surface area (Å²) in [5.74, 6) is -1.15. The summed E-state index contributed by atoms with van der Waals surface area (Å²) in [4.78, 5) is 11.6. The van der Waals surface area contributed by atoms with Crippen LogP contribution in [0.2, 0.25) is 0 Å². The second-order valence-electron chi connectivity index (χ2n) is 4.10. The lowest BCUT2D eigenvalue weighted by Gasteiger charge is -2.19. The lowest BCUT2D eigenvalue weighted by atomic mass is 10.1. The fraction of sp³-hybridized carbons (Fsp3) is 0.364. The number of carbonyl (C=O) groups excluding carboxylic acids is 1. The predicted molar refractivity (Wildman–Crippen MR) is 64.3 cm³/mol. The van der Waals surface area contributed by atoms with E-state index in [0.717, 1.165) is 0 Å². The number of halogens is 2. The second kappa shape index (κ2) is 4.47. The van der Waals surface area contributed by atoms with E-state index in [1.807, 2.05) is 22.6 Å². The van der Waals surface area contributed by atoms with Crippen LogP contribution in [0.4, 0.5) is 4.39 Å². The Kier molecular flexibility index (Phi) is 3.70. The minimum atomic E-state index is -0.626. The van der Waals surface area contributed by atoms with Gasteiger partial charge in [-0.3, -0.25) is 0 Å². The summed E-state index contributed by atoms with van der Waals surface area (Å²) < 4.78 is 19.0. The highest BCUT2D eigenvalue weighted by Gasteiger charge is 2.21. The molecule has 0 N–H and O–H groups in total. The summed E-state index contributed by atoms with van der Waals surface area (Å²) >= 11 is 1.84. The van der Waals surface area contributed by atoms with Crippen LogP contribution in [-0.2, 0) is 4.74 Å². The molecular formula is C11H12FIO2. The normalized spacial score (nSPS) is 11.3. The molecule has 0 bridgehead atoms.